The molecule has 2 rings (SSSR count). The van der Waals surface area contributed by atoms with Crippen LogP contribution in [0.4, 0.5) is 0 Å². The molecule has 0 saturated carbocycles. The molecule has 1 aliphatic rings. The van der Waals surface area contributed by atoms with Gasteiger partial charge in [0.15, 0.2) is 5.82 Å². The molecule has 16 heavy (non-hydrogen) atoms. The van der Waals surface area contributed by atoms with Crippen molar-refractivity contribution in [1.82, 2.24) is 30.4 Å². The van der Waals surface area contributed by atoms with Crippen molar-refractivity contribution in [3.05, 3.63) is 5.82 Å². The van der Waals surface area contributed by atoms with E-state index in [9.17, 15) is 0 Å². The summed E-state index contributed by atoms with van der Waals surface area (Å²) < 4.78 is 0. The average molecular weight is 224 g/mol. The Morgan fingerprint density at radius 3 is 2.81 bits per heavy atom. The second-order valence-electron chi connectivity index (χ2n) is 4.59. The molecular formula is C10H20N6. The van der Waals surface area contributed by atoms with Gasteiger partial charge in [-0.2, -0.15) is 4.80 Å². The minimum absolute atomic E-state index is 0.789. The van der Waals surface area contributed by atoms with Gasteiger partial charge < -0.3 is 5.32 Å². The van der Waals surface area contributed by atoms with Crippen LogP contribution in [0.2, 0.25) is 0 Å². The largest absolute Gasteiger partial charge is 0.317 e. The second-order valence-corrected chi connectivity index (χ2v) is 4.59. The lowest BCUT2D eigenvalue weighted by atomic mass is 9.98. The molecule has 0 aliphatic carbocycles. The highest BCUT2D eigenvalue weighted by atomic mass is 15.6. The first-order chi connectivity index (χ1) is 7.74. The van der Waals surface area contributed by atoms with Gasteiger partial charge >= 0.3 is 0 Å². The highest BCUT2D eigenvalue weighted by Crippen LogP contribution is 2.13. The summed E-state index contributed by atoms with van der Waals surface area (Å²) in [6, 6.07) is 0. The quantitative estimate of drug-likeness (QED) is 0.757. The molecule has 1 aromatic rings. The van der Waals surface area contributed by atoms with Crippen molar-refractivity contribution >= 4 is 0 Å². The predicted octanol–water partition coefficient (Wildman–Crippen LogP) is -0.358. The van der Waals surface area contributed by atoms with E-state index in [2.05, 4.69) is 32.7 Å². The molecule has 6 heteroatoms. The Hall–Kier alpha value is -1.01. The predicted molar refractivity (Wildman–Crippen MR) is 60.7 cm³/mol. The van der Waals surface area contributed by atoms with E-state index in [1.54, 1.807) is 7.05 Å². The van der Waals surface area contributed by atoms with Crippen LogP contribution in [0, 0.1) is 5.92 Å². The van der Waals surface area contributed by atoms with Crippen LogP contribution >= 0.6 is 0 Å². The normalized spacial score (nSPS) is 18.2. The number of aryl methyl sites for hydroxylation is 1. The summed E-state index contributed by atoms with van der Waals surface area (Å²) >= 11 is 0. The molecule has 1 aliphatic heterocycles. The number of rotatable bonds is 4. The minimum atomic E-state index is 0.789. The van der Waals surface area contributed by atoms with Crippen molar-refractivity contribution in [1.29, 1.82) is 0 Å². The standard InChI is InChI=1S/C10H20N6/c1-15(7-9-3-5-11-6-4-9)8-10-12-14-16(2)13-10/h9,11H,3-8H2,1-2H3. The van der Waals surface area contributed by atoms with E-state index in [1.165, 1.54) is 17.6 Å². The Morgan fingerprint density at radius 1 is 1.44 bits per heavy atom. The van der Waals surface area contributed by atoms with Gasteiger partial charge in [0.05, 0.1) is 13.6 Å². The summed E-state index contributed by atoms with van der Waals surface area (Å²) in [5, 5.41) is 15.4. The van der Waals surface area contributed by atoms with Crippen LogP contribution in [0.1, 0.15) is 18.7 Å². The second kappa shape index (κ2) is 5.36. The monoisotopic (exact) mass is 224 g/mol. The summed E-state index contributed by atoms with van der Waals surface area (Å²) in [5.41, 5.74) is 0. The fraction of sp³-hybridized carbons (Fsp3) is 0.900. The number of nitrogens with one attached hydrogen (secondary N) is 1. The van der Waals surface area contributed by atoms with Gasteiger partial charge in [0.2, 0.25) is 0 Å². The summed E-state index contributed by atoms with van der Waals surface area (Å²) in [6.07, 6.45) is 2.55. The maximum atomic E-state index is 4.18. The van der Waals surface area contributed by atoms with Gasteiger partial charge in [0.1, 0.15) is 0 Å². The zero-order valence-electron chi connectivity index (χ0n) is 10.1. The maximum absolute atomic E-state index is 4.18. The summed E-state index contributed by atoms with van der Waals surface area (Å²) in [4.78, 5) is 3.79. The first-order valence-electron chi connectivity index (χ1n) is 5.86. The topological polar surface area (TPSA) is 58.9 Å². The van der Waals surface area contributed by atoms with Crippen molar-refractivity contribution in [3.63, 3.8) is 0 Å². The summed E-state index contributed by atoms with van der Waals surface area (Å²) in [5.74, 6) is 1.61. The number of hydrogen-bond donors (Lipinski definition) is 1. The Morgan fingerprint density at radius 2 is 2.19 bits per heavy atom. The van der Waals surface area contributed by atoms with Gasteiger partial charge in [0, 0.05) is 6.54 Å². The molecule has 0 radical (unpaired) electrons. The van der Waals surface area contributed by atoms with Crippen molar-refractivity contribution < 1.29 is 0 Å². The Balaban J connectivity index is 1.77. The van der Waals surface area contributed by atoms with Crippen LogP contribution in [0.25, 0.3) is 0 Å². The zero-order valence-corrected chi connectivity index (χ0v) is 10.1. The van der Waals surface area contributed by atoms with Gasteiger partial charge in [-0.05, 0) is 44.1 Å². The van der Waals surface area contributed by atoms with Crippen LogP contribution in [-0.4, -0.2) is 51.8 Å². The fourth-order valence-electron chi connectivity index (χ4n) is 2.20. The number of piperidine rings is 1. The molecule has 2 heterocycles. The van der Waals surface area contributed by atoms with E-state index in [0.717, 1.165) is 37.9 Å². The molecule has 1 N–H and O–H groups in total. The molecule has 1 fully saturated rings. The lowest BCUT2D eigenvalue weighted by Gasteiger charge is -2.26. The SMILES string of the molecule is CN(Cc1nnn(C)n1)CC1CCNCC1. The molecule has 0 aromatic carbocycles. The molecule has 6 nitrogen and oxygen atoms in total. The maximum Gasteiger partial charge on any atom is 0.188 e. The minimum Gasteiger partial charge on any atom is -0.317 e. The third-order valence-electron chi connectivity index (χ3n) is 2.99. The Kier molecular flexibility index (Phi) is 3.84. The van der Waals surface area contributed by atoms with E-state index >= 15 is 0 Å². The third kappa shape index (κ3) is 3.24. The number of nitrogens with zero attached hydrogens (tertiary/aromatic N) is 5. The first-order valence-corrected chi connectivity index (χ1v) is 5.86. The average Bonchev–Trinajstić information content (AvgIpc) is 2.65. The molecule has 0 atom stereocenters. The zero-order chi connectivity index (χ0) is 11.4. The molecule has 0 bridgehead atoms. The molecule has 0 spiro atoms. The van der Waals surface area contributed by atoms with Crippen molar-refractivity contribution in [2.45, 2.75) is 19.4 Å². The lowest BCUT2D eigenvalue weighted by Crippen LogP contribution is -2.34. The molecular weight excluding hydrogens is 204 g/mol. The Bertz CT molecular complexity index is 317. The van der Waals surface area contributed by atoms with E-state index in [1.807, 2.05) is 0 Å². The number of hydrogen-bond acceptors (Lipinski definition) is 5. The van der Waals surface area contributed by atoms with Gasteiger partial charge in [-0.1, -0.05) is 0 Å². The van der Waals surface area contributed by atoms with E-state index in [0.29, 0.717) is 0 Å². The summed E-state index contributed by atoms with van der Waals surface area (Å²) in [7, 11) is 3.92. The van der Waals surface area contributed by atoms with Crippen LogP contribution in [0.15, 0.2) is 0 Å². The fourth-order valence-corrected chi connectivity index (χ4v) is 2.20. The summed E-state index contributed by atoms with van der Waals surface area (Å²) in [6.45, 7) is 4.22. The number of aromatic nitrogens is 4. The van der Waals surface area contributed by atoms with Gasteiger partial charge in [-0.15, -0.1) is 10.2 Å². The van der Waals surface area contributed by atoms with Gasteiger partial charge in [0.25, 0.3) is 0 Å². The van der Waals surface area contributed by atoms with E-state index in [-0.39, 0.29) is 0 Å². The van der Waals surface area contributed by atoms with E-state index in [4.69, 9.17) is 0 Å². The van der Waals surface area contributed by atoms with Crippen molar-refractivity contribution in [3.8, 4) is 0 Å². The Labute approximate surface area is 96.0 Å². The highest BCUT2D eigenvalue weighted by Gasteiger charge is 2.15. The van der Waals surface area contributed by atoms with Crippen LogP contribution < -0.4 is 5.32 Å². The van der Waals surface area contributed by atoms with Gasteiger partial charge in [-0.25, -0.2) is 0 Å². The van der Waals surface area contributed by atoms with Crippen LogP contribution in [-0.2, 0) is 13.6 Å². The van der Waals surface area contributed by atoms with Crippen LogP contribution in [0.3, 0.4) is 0 Å². The van der Waals surface area contributed by atoms with Crippen molar-refractivity contribution in [2.24, 2.45) is 13.0 Å². The molecule has 1 saturated heterocycles. The lowest BCUT2D eigenvalue weighted by molar-refractivity contribution is 0.230. The van der Waals surface area contributed by atoms with Gasteiger partial charge in [-0.3, -0.25) is 4.90 Å². The molecule has 90 valence electrons. The smallest absolute Gasteiger partial charge is 0.188 e. The third-order valence-corrected chi connectivity index (χ3v) is 2.99. The first kappa shape index (κ1) is 11.5. The number of tetrazole rings is 1. The van der Waals surface area contributed by atoms with Crippen LogP contribution in [0.5, 0.6) is 0 Å². The molecule has 0 amide bonds. The van der Waals surface area contributed by atoms with Crippen molar-refractivity contribution in [2.75, 3.05) is 26.7 Å². The molecule has 0 unspecified atom stereocenters. The molecule has 1 aromatic heterocycles. The highest BCUT2D eigenvalue weighted by molar-refractivity contribution is 4.78. The van der Waals surface area contributed by atoms with E-state index < -0.39 is 0 Å².